The smallest absolute Gasteiger partial charge is 0.307 e. The number of nitrogens with one attached hydrogen (secondary N) is 1. The van der Waals surface area contributed by atoms with Crippen LogP contribution in [-0.4, -0.2) is 16.7 Å². The number of fused-ring (bicyclic) bond motifs is 1. The van der Waals surface area contributed by atoms with E-state index in [1.165, 1.54) is 5.56 Å². The summed E-state index contributed by atoms with van der Waals surface area (Å²) < 4.78 is 8.73. The Kier molecular flexibility index (Phi) is 5.82. The van der Waals surface area contributed by atoms with E-state index in [1.807, 2.05) is 25.1 Å². The van der Waals surface area contributed by atoms with Crippen molar-refractivity contribution in [2.45, 2.75) is 40.0 Å². The first-order valence-electron chi connectivity index (χ1n) is 10.5. The fourth-order valence-corrected chi connectivity index (χ4v) is 4.15. The molecule has 0 fully saturated rings. The summed E-state index contributed by atoms with van der Waals surface area (Å²) in [5, 5.41) is 5.01. The predicted octanol–water partition coefficient (Wildman–Crippen LogP) is 6.66. The lowest BCUT2D eigenvalue weighted by Crippen LogP contribution is -2.16. The zero-order valence-corrected chi connectivity index (χ0v) is 20.4. The Balaban J connectivity index is 1.51. The molecule has 4 aromatic rings. The van der Waals surface area contributed by atoms with E-state index in [0.717, 1.165) is 32.5 Å². The van der Waals surface area contributed by atoms with Gasteiger partial charge in [-0.25, -0.2) is 5.43 Å². The van der Waals surface area contributed by atoms with Crippen molar-refractivity contribution in [3.63, 3.8) is 0 Å². The van der Waals surface area contributed by atoms with E-state index in [4.69, 9.17) is 4.42 Å². The third-order valence-corrected chi connectivity index (χ3v) is 6.03. The Morgan fingerprint density at radius 2 is 1.78 bits per heavy atom. The average molecular weight is 492 g/mol. The van der Waals surface area contributed by atoms with Crippen LogP contribution in [0.5, 0.6) is 0 Å². The Bertz CT molecular complexity index is 1320. The minimum absolute atomic E-state index is 0.117. The summed E-state index contributed by atoms with van der Waals surface area (Å²) in [5.74, 6) is -0.167. The van der Waals surface area contributed by atoms with E-state index in [1.54, 1.807) is 12.3 Å². The predicted molar refractivity (Wildman–Crippen MR) is 133 cm³/mol. The molecule has 0 spiro atoms. The van der Waals surface area contributed by atoms with E-state index in [9.17, 15) is 4.79 Å². The highest BCUT2D eigenvalue weighted by molar-refractivity contribution is 9.10. The SMILES string of the molecule is Cc1cc(/C=N/NC(=O)c2cc3cc(Br)ccc3o2)c(C)n1-c1ccc(C(C)(C)C)cc1. The van der Waals surface area contributed by atoms with E-state index < -0.39 is 0 Å². The fourth-order valence-electron chi connectivity index (χ4n) is 3.77. The molecule has 2 aromatic carbocycles. The number of halogens is 1. The van der Waals surface area contributed by atoms with Crippen molar-refractivity contribution in [2.75, 3.05) is 0 Å². The topological polar surface area (TPSA) is 59.5 Å². The number of hydrogen-bond donors (Lipinski definition) is 1. The molecule has 1 amide bonds. The third kappa shape index (κ3) is 4.41. The molecule has 2 heterocycles. The van der Waals surface area contributed by atoms with Crippen molar-refractivity contribution in [1.29, 1.82) is 0 Å². The molecule has 0 saturated carbocycles. The summed E-state index contributed by atoms with van der Waals surface area (Å²) in [6, 6.07) is 18.0. The number of amides is 1. The fraction of sp³-hybridized carbons (Fsp3) is 0.231. The lowest BCUT2D eigenvalue weighted by molar-refractivity contribution is 0.0929. The molecule has 0 unspecified atom stereocenters. The summed E-state index contributed by atoms with van der Waals surface area (Å²) in [6.45, 7) is 10.7. The molecular formula is C26H26BrN3O2. The van der Waals surface area contributed by atoms with Gasteiger partial charge in [-0.2, -0.15) is 5.10 Å². The molecule has 0 aliphatic rings. The van der Waals surface area contributed by atoms with Gasteiger partial charge in [-0.05, 0) is 67.3 Å². The third-order valence-electron chi connectivity index (χ3n) is 5.53. The Morgan fingerprint density at radius 1 is 1.06 bits per heavy atom. The Hall–Kier alpha value is -3.12. The van der Waals surface area contributed by atoms with Crippen molar-refractivity contribution < 1.29 is 9.21 Å². The van der Waals surface area contributed by atoms with Gasteiger partial charge >= 0.3 is 5.91 Å². The van der Waals surface area contributed by atoms with Crippen LogP contribution >= 0.6 is 15.9 Å². The maximum atomic E-state index is 12.4. The number of nitrogens with zero attached hydrogens (tertiary/aromatic N) is 2. The van der Waals surface area contributed by atoms with Crippen LogP contribution in [0.15, 0.2) is 68.6 Å². The summed E-state index contributed by atoms with van der Waals surface area (Å²) in [5.41, 5.74) is 8.82. The molecule has 0 bridgehead atoms. The van der Waals surface area contributed by atoms with Gasteiger partial charge in [-0.15, -0.1) is 0 Å². The van der Waals surface area contributed by atoms with Crippen molar-refractivity contribution in [1.82, 2.24) is 9.99 Å². The van der Waals surface area contributed by atoms with E-state index in [-0.39, 0.29) is 17.1 Å². The highest BCUT2D eigenvalue weighted by atomic mass is 79.9. The lowest BCUT2D eigenvalue weighted by atomic mass is 9.87. The molecule has 1 N–H and O–H groups in total. The van der Waals surface area contributed by atoms with Gasteiger partial charge in [0.25, 0.3) is 0 Å². The van der Waals surface area contributed by atoms with Gasteiger partial charge in [0.05, 0.1) is 6.21 Å². The maximum absolute atomic E-state index is 12.4. The molecular weight excluding hydrogens is 466 g/mol. The number of aromatic nitrogens is 1. The monoisotopic (exact) mass is 491 g/mol. The van der Waals surface area contributed by atoms with Crippen LogP contribution < -0.4 is 5.43 Å². The van der Waals surface area contributed by atoms with Crippen LogP contribution in [-0.2, 0) is 5.41 Å². The van der Waals surface area contributed by atoms with Gasteiger partial charge in [-0.3, -0.25) is 4.79 Å². The highest BCUT2D eigenvalue weighted by Gasteiger charge is 2.15. The van der Waals surface area contributed by atoms with Crippen LogP contribution in [0, 0.1) is 13.8 Å². The second-order valence-electron chi connectivity index (χ2n) is 8.95. The number of furan rings is 1. The van der Waals surface area contributed by atoms with Crippen molar-refractivity contribution >= 4 is 39.0 Å². The van der Waals surface area contributed by atoms with Gasteiger partial charge in [0.15, 0.2) is 5.76 Å². The molecule has 2 aromatic heterocycles. The largest absolute Gasteiger partial charge is 0.451 e. The standard InChI is InChI=1S/C26H26BrN3O2/c1-16-12-19(17(2)30(16)22-9-6-20(7-10-22)26(3,4)5)15-28-29-25(31)24-14-18-13-21(27)8-11-23(18)32-24/h6-15H,1-5H3,(H,29,31)/b28-15+. The first kappa shape index (κ1) is 22.1. The molecule has 0 saturated heterocycles. The molecule has 5 nitrogen and oxygen atoms in total. The Morgan fingerprint density at radius 3 is 2.47 bits per heavy atom. The number of hydrogen-bond acceptors (Lipinski definition) is 3. The van der Waals surface area contributed by atoms with Gasteiger partial charge in [0.2, 0.25) is 0 Å². The van der Waals surface area contributed by atoms with Gasteiger partial charge in [0, 0.05) is 32.5 Å². The molecule has 6 heteroatoms. The average Bonchev–Trinajstić information content (AvgIpc) is 3.27. The van der Waals surface area contributed by atoms with Crippen molar-refractivity contribution in [2.24, 2.45) is 5.10 Å². The minimum atomic E-state index is -0.389. The first-order chi connectivity index (χ1) is 15.1. The highest BCUT2D eigenvalue weighted by Crippen LogP contribution is 2.26. The maximum Gasteiger partial charge on any atom is 0.307 e. The number of hydrazone groups is 1. The summed E-state index contributed by atoms with van der Waals surface area (Å²) in [4.78, 5) is 12.4. The Labute approximate surface area is 196 Å². The van der Waals surface area contributed by atoms with E-state index in [2.05, 4.69) is 89.1 Å². The zero-order chi connectivity index (χ0) is 23.0. The van der Waals surface area contributed by atoms with E-state index >= 15 is 0 Å². The molecule has 0 atom stereocenters. The van der Waals surface area contributed by atoms with Crippen molar-refractivity contribution in [3.8, 4) is 5.69 Å². The summed E-state index contributed by atoms with van der Waals surface area (Å²) in [6.07, 6.45) is 1.67. The number of aryl methyl sites for hydroxylation is 1. The van der Waals surface area contributed by atoms with Gasteiger partial charge in [-0.1, -0.05) is 48.8 Å². The minimum Gasteiger partial charge on any atom is -0.451 e. The van der Waals surface area contributed by atoms with Crippen molar-refractivity contribution in [3.05, 3.63) is 87.3 Å². The molecule has 164 valence electrons. The molecule has 4 rings (SSSR count). The van der Waals surface area contributed by atoms with Crippen LogP contribution in [0.1, 0.15) is 53.8 Å². The number of benzene rings is 2. The van der Waals surface area contributed by atoms with Crippen LogP contribution in [0.2, 0.25) is 0 Å². The zero-order valence-electron chi connectivity index (χ0n) is 18.9. The normalized spacial score (nSPS) is 12.1. The number of carbonyl (C=O) groups excluding carboxylic acids is 1. The van der Waals surface area contributed by atoms with Gasteiger partial charge < -0.3 is 8.98 Å². The quantitative estimate of drug-likeness (QED) is 0.256. The van der Waals surface area contributed by atoms with E-state index in [0.29, 0.717) is 5.58 Å². The van der Waals surface area contributed by atoms with Crippen LogP contribution in [0.25, 0.3) is 16.7 Å². The lowest BCUT2D eigenvalue weighted by Gasteiger charge is -2.20. The van der Waals surface area contributed by atoms with Crippen LogP contribution in [0.4, 0.5) is 0 Å². The van der Waals surface area contributed by atoms with Gasteiger partial charge in [0.1, 0.15) is 5.58 Å². The molecule has 0 aliphatic carbocycles. The summed E-state index contributed by atoms with van der Waals surface area (Å²) >= 11 is 3.42. The number of rotatable bonds is 4. The molecule has 32 heavy (non-hydrogen) atoms. The van der Waals surface area contributed by atoms with Crippen LogP contribution in [0.3, 0.4) is 0 Å². The second kappa shape index (κ2) is 8.43. The second-order valence-corrected chi connectivity index (χ2v) is 9.87. The molecule has 0 aliphatic heterocycles. The number of carbonyl (C=O) groups is 1. The summed E-state index contributed by atoms with van der Waals surface area (Å²) in [7, 11) is 0. The first-order valence-corrected chi connectivity index (χ1v) is 11.2. The molecule has 0 radical (unpaired) electrons.